The molecule has 0 radical (unpaired) electrons. The highest BCUT2D eigenvalue weighted by atomic mass is 16.1. The summed E-state index contributed by atoms with van der Waals surface area (Å²) in [5.74, 6) is 0.913. The van der Waals surface area contributed by atoms with Gasteiger partial charge in [0.2, 0.25) is 0 Å². The zero-order valence-corrected chi connectivity index (χ0v) is 10.5. The SMILES string of the molecule is O=C(/C=C/c1ccnnc1)CCC1CCNCC1. The lowest BCUT2D eigenvalue weighted by atomic mass is 9.92. The number of rotatable bonds is 5. The molecule has 1 N–H and O–H groups in total. The largest absolute Gasteiger partial charge is 0.317 e. The fourth-order valence-electron chi connectivity index (χ4n) is 2.19. The molecule has 1 fully saturated rings. The third-order valence-corrected chi connectivity index (χ3v) is 3.33. The zero-order valence-electron chi connectivity index (χ0n) is 10.5. The van der Waals surface area contributed by atoms with Crippen LogP contribution in [0.15, 0.2) is 24.5 Å². The molecule has 0 amide bonds. The third kappa shape index (κ3) is 4.37. The van der Waals surface area contributed by atoms with Gasteiger partial charge >= 0.3 is 0 Å². The van der Waals surface area contributed by atoms with Crippen molar-refractivity contribution in [3.05, 3.63) is 30.1 Å². The van der Waals surface area contributed by atoms with Crippen LogP contribution in [0.5, 0.6) is 0 Å². The van der Waals surface area contributed by atoms with Gasteiger partial charge in [-0.1, -0.05) is 0 Å². The number of ketones is 1. The summed E-state index contributed by atoms with van der Waals surface area (Å²) in [6.45, 7) is 2.19. The van der Waals surface area contributed by atoms with Crippen LogP contribution in [0.2, 0.25) is 0 Å². The predicted molar refractivity (Wildman–Crippen MR) is 70.9 cm³/mol. The molecule has 1 aromatic rings. The van der Waals surface area contributed by atoms with Crippen LogP contribution in [0, 0.1) is 5.92 Å². The van der Waals surface area contributed by atoms with Gasteiger partial charge in [0.15, 0.2) is 5.78 Å². The van der Waals surface area contributed by atoms with Gasteiger partial charge in [0.25, 0.3) is 0 Å². The molecule has 2 rings (SSSR count). The lowest BCUT2D eigenvalue weighted by molar-refractivity contribution is -0.114. The van der Waals surface area contributed by atoms with E-state index >= 15 is 0 Å². The quantitative estimate of drug-likeness (QED) is 0.804. The van der Waals surface area contributed by atoms with E-state index in [1.54, 1.807) is 24.5 Å². The summed E-state index contributed by atoms with van der Waals surface area (Å²) in [4.78, 5) is 11.7. The minimum absolute atomic E-state index is 0.199. The van der Waals surface area contributed by atoms with E-state index in [1.165, 1.54) is 12.8 Å². The molecule has 0 aliphatic carbocycles. The van der Waals surface area contributed by atoms with Crippen LogP contribution in [0.4, 0.5) is 0 Å². The Labute approximate surface area is 108 Å². The number of nitrogens with one attached hydrogen (secondary N) is 1. The van der Waals surface area contributed by atoms with Crippen molar-refractivity contribution in [2.45, 2.75) is 25.7 Å². The van der Waals surface area contributed by atoms with Crippen molar-refractivity contribution in [2.24, 2.45) is 5.92 Å². The Morgan fingerprint density at radius 2 is 2.22 bits per heavy atom. The van der Waals surface area contributed by atoms with Gasteiger partial charge in [-0.05, 0) is 62.1 Å². The van der Waals surface area contributed by atoms with E-state index in [9.17, 15) is 4.79 Å². The predicted octanol–water partition coefficient (Wildman–Crippen LogP) is 1.84. The highest BCUT2D eigenvalue weighted by molar-refractivity contribution is 5.93. The Kier molecular flexibility index (Phi) is 5.02. The van der Waals surface area contributed by atoms with Crippen LogP contribution in [-0.2, 0) is 4.79 Å². The highest BCUT2D eigenvalue weighted by Crippen LogP contribution is 2.17. The Bertz CT molecular complexity index is 397. The molecular weight excluding hydrogens is 226 g/mol. The molecule has 0 bridgehead atoms. The van der Waals surface area contributed by atoms with Crippen molar-refractivity contribution in [3.63, 3.8) is 0 Å². The minimum atomic E-state index is 0.199. The average Bonchev–Trinajstić information content (AvgIpc) is 2.45. The van der Waals surface area contributed by atoms with Gasteiger partial charge in [0.1, 0.15) is 0 Å². The lowest BCUT2D eigenvalue weighted by Gasteiger charge is -2.21. The van der Waals surface area contributed by atoms with Gasteiger partial charge in [0, 0.05) is 6.42 Å². The zero-order chi connectivity index (χ0) is 12.6. The lowest BCUT2D eigenvalue weighted by Crippen LogP contribution is -2.27. The maximum atomic E-state index is 11.7. The van der Waals surface area contributed by atoms with E-state index in [-0.39, 0.29) is 5.78 Å². The molecule has 4 heteroatoms. The Balaban J connectivity index is 1.73. The van der Waals surface area contributed by atoms with Crippen molar-refractivity contribution in [1.82, 2.24) is 15.5 Å². The molecule has 4 nitrogen and oxygen atoms in total. The molecule has 1 aliphatic heterocycles. The number of allylic oxidation sites excluding steroid dienone is 1. The van der Waals surface area contributed by atoms with E-state index in [2.05, 4.69) is 15.5 Å². The van der Waals surface area contributed by atoms with Crippen molar-refractivity contribution in [1.29, 1.82) is 0 Å². The molecule has 0 unspecified atom stereocenters. The standard InChI is InChI=1S/C14H19N3O/c18-14(3-1-12-5-8-15-9-6-12)4-2-13-7-10-16-17-11-13/h2,4,7,10-12,15H,1,3,5-6,8-9H2/b4-2+. The second-order valence-corrected chi connectivity index (χ2v) is 4.71. The van der Waals surface area contributed by atoms with Crippen LogP contribution >= 0.6 is 0 Å². The van der Waals surface area contributed by atoms with Gasteiger partial charge in [-0.15, -0.1) is 0 Å². The molecular formula is C14H19N3O. The molecule has 96 valence electrons. The molecule has 0 saturated carbocycles. The van der Waals surface area contributed by atoms with E-state index in [0.717, 1.165) is 25.1 Å². The van der Waals surface area contributed by atoms with Gasteiger partial charge in [-0.2, -0.15) is 10.2 Å². The highest BCUT2D eigenvalue weighted by Gasteiger charge is 2.13. The second-order valence-electron chi connectivity index (χ2n) is 4.71. The number of piperidine rings is 1. The second kappa shape index (κ2) is 7.01. The number of hydrogen-bond acceptors (Lipinski definition) is 4. The minimum Gasteiger partial charge on any atom is -0.317 e. The molecule has 0 atom stereocenters. The average molecular weight is 245 g/mol. The number of carbonyl (C=O) groups is 1. The fourth-order valence-corrected chi connectivity index (χ4v) is 2.19. The smallest absolute Gasteiger partial charge is 0.155 e. The van der Waals surface area contributed by atoms with Crippen LogP contribution in [0.3, 0.4) is 0 Å². The van der Waals surface area contributed by atoms with E-state index in [1.807, 2.05) is 6.07 Å². The number of hydrogen-bond donors (Lipinski definition) is 1. The molecule has 1 aromatic heterocycles. The van der Waals surface area contributed by atoms with Crippen LogP contribution in [0.25, 0.3) is 6.08 Å². The van der Waals surface area contributed by atoms with Crippen molar-refractivity contribution in [2.75, 3.05) is 13.1 Å². The molecule has 0 spiro atoms. The molecule has 1 saturated heterocycles. The summed E-state index contributed by atoms with van der Waals surface area (Å²) in [5, 5.41) is 10.8. The molecule has 18 heavy (non-hydrogen) atoms. The van der Waals surface area contributed by atoms with Gasteiger partial charge in [-0.25, -0.2) is 0 Å². The van der Waals surface area contributed by atoms with E-state index in [4.69, 9.17) is 0 Å². The first kappa shape index (κ1) is 12.9. The summed E-state index contributed by atoms with van der Waals surface area (Å²) < 4.78 is 0. The monoisotopic (exact) mass is 245 g/mol. The van der Waals surface area contributed by atoms with Crippen molar-refractivity contribution < 1.29 is 4.79 Å². The van der Waals surface area contributed by atoms with Crippen LogP contribution in [-0.4, -0.2) is 29.1 Å². The number of aromatic nitrogens is 2. The van der Waals surface area contributed by atoms with Gasteiger partial charge in [-0.3, -0.25) is 4.79 Å². The third-order valence-electron chi connectivity index (χ3n) is 3.33. The first-order valence-electron chi connectivity index (χ1n) is 6.53. The molecule has 0 aromatic carbocycles. The summed E-state index contributed by atoms with van der Waals surface area (Å²) in [6, 6.07) is 1.84. The van der Waals surface area contributed by atoms with Crippen LogP contribution < -0.4 is 5.32 Å². The van der Waals surface area contributed by atoms with Crippen LogP contribution in [0.1, 0.15) is 31.2 Å². The van der Waals surface area contributed by atoms with Gasteiger partial charge < -0.3 is 5.32 Å². The number of nitrogens with zero attached hydrogens (tertiary/aromatic N) is 2. The fraction of sp³-hybridized carbons (Fsp3) is 0.500. The summed E-state index contributed by atoms with van der Waals surface area (Å²) in [7, 11) is 0. The summed E-state index contributed by atoms with van der Waals surface area (Å²) in [5.41, 5.74) is 0.917. The van der Waals surface area contributed by atoms with E-state index < -0.39 is 0 Å². The molecule has 1 aliphatic rings. The molecule has 2 heterocycles. The maximum Gasteiger partial charge on any atom is 0.155 e. The summed E-state index contributed by atoms with van der Waals surface area (Å²) >= 11 is 0. The van der Waals surface area contributed by atoms with Gasteiger partial charge in [0.05, 0.1) is 12.4 Å². The Hall–Kier alpha value is -1.55. The van der Waals surface area contributed by atoms with Crippen molar-refractivity contribution in [3.8, 4) is 0 Å². The maximum absolute atomic E-state index is 11.7. The first-order chi connectivity index (χ1) is 8.84. The first-order valence-corrected chi connectivity index (χ1v) is 6.53. The normalized spacial score (nSPS) is 17.1. The van der Waals surface area contributed by atoms with E-state index in [0.29, 0.717) is 12.3 Å². The Morgan fingerprint density at radius 3 is 2.94 bits per heavy atom. The van der Waals surface area contributed by atoms with Crippen molar-refractivity contribution >= 4 is 11.9 Å². The number of carbonyl (C=O) groups excluding carboxylic acids is 1. The summed E-state index contributed by atoms with van der Waals surface area (Å²) in [6.07, 6.45) is 10.8. The Morgan fingerprint density at radius 1 is 1.39 bits per heavy atom. The topological polar surface area (TPSA) is 54.9 Å².